The minimum Gasteiger partial charge on any atom is -0.354 e. The van der Waals surface area contributed by atoms with Crippen LogP contribution in [0.25, 0.3) is 0 Å². The first kappa shape index (κ1) is 19.9. The predicted molar refractivity (Wildman–Crippen MR) is 108 cm³/mol. The number of halogens is 1. The highest BCUT2D eigenvalue weighted by Crippen LogP contribution is 2.22. The molecule has 0 aliphatic carbocycles. The summed E-state index contributed by atoms with van der Waals surface area (Å²) in [7, 11) is 7.91. The third-order valence-corrected chi connectivity index (χ3v) is 4.51. The second-order valence-electron chi connectivity index (χ2n) is 5.25. The van der Waals surface area contributed by atoms with Gasteiger partial charge >= 0.3 is 0 Å². The van der Waals surface area contributed by atoms with Crippen molar-refractivity contribution in [3.63, 3.8) is 0 Å². The predicted octanol–water partition coefficient (Wildman–Crippen LogP) is 2.07. The Hall–Kier alpha value is -1.13. The molecular weight excluding hydrogens is 423 g/mol. The van der Waals surface area contributed by atoms with Gasteiger partial charge in [-0.1, -0.05) is 6.07 Å². The molecule has 1 unspecified atom stereocenters. The van der Waals surface area contributed by atoms with Gasteiger partial charge < -0.3 is 15.5 Å². The number of rotatable bonds is 6. The van der Waals surface area contributed by atoms with Crippen molar-refractivity contribution in [3.8, 4) is 0 Å². The van der Waals surface area contributed by atoms with E-state index in [-0.39, 0.29) is 24.0 Å². The number of guanidine groups is 1. The Balaban J connectivity index is 0.00000264. The number of hydrogen-bond acceptors (Lipinski definition) is 4. The highest BCUT2D eigenvalue weighted by molar-refractivity contribution is 14.0. The maximum Gasteiger partial charge on any atom is 0.191 e. The maximum atomic E-state index is 4.28. The van der Waals surface area contributed by atoms with Gasteiger partial charge in [-0.25, -0.2) is 0 Å². The highest BCUT2D eigenvalue weighted by Gasteiger charge is 2.15. The third kappa shape index (κ3) is 5.78. The van der Waals surface area contributed by atoms with Gasteiger partial charge in [0.2, 0.25) is 0 Å². The van der Waals surface area contributed by atoms with Crippen LogP contribution in [0.1, 0.15) is 16.6 Å². The van der Waals surface area contributed by atoms with Crippen molar-refractivity contribution >= 4 is 41.3 Å². The quantitative estimate of drug-likeness (QED) is 0.404. The normalized spacial score (nSPS) is 12.8. The van der Waals surface area contributed by atoms with Crippen LogP contribution in [0.15, 0.2) is 34.8 Å². The van der Waals surface area contributed by atoms with Crippen LogP contribution in [0.4, 0.5) is 0 Å². The molecule has 1 atom stereocenters. The van der Waals surface area contributed by atoms with Gasteiger partial charge in [-0.05, 0) is 31.6 Å². The SMILES string of the molecule is CN=C(NCc1ccnn1C)NCC(c1cccs1)N(C)C.I. The van der Waals surface area contributed by atoms with E-state index in [2.05, 4.69) is 57.2 Å². The van der Waals surface area contributed by atoms with Gasteiger partial charge in [0.25, 0.3) is 0 Å². The Morgan fingerprint density at radius 1 is 1.39 bits per heavy atom. The second kappa shape index (κ2) is 9.89. The van der Waals surface area contributed by atoms with E-state index in [1.807, 2.05) is 17.8 Å². The Kier molecular flexibility index (Phi) is 8.56. The molecule has 0 amide bonds. The standard InChI is InChI=1S/C15H24N6S.HI/c1-16-15(17-10-12-7-8-19-21(12)4)18-11-13(20(2)3)14-6-5-9-22-14;/h5-9,13H,10-11H2,1-4H3,(H2,16,17,18);1H. The zero-order valence-corrected chi connectivity index (χ0v) is 17.1. The molecule has 0 aliphatic rings. The van der Waals surface area contributed by atoms with E-state index < -0.39 is 0 Å². The van der Waals surface area contributed by atoms with Gasteiger partial charge in [-0.2, -0.15) is 5.10 Å². The molecule has 8 heteroatoms. The number of thiophene rings is 1. The van der Waals surface area contributed by atoms with E-state index in [0.717, 1.165) is 18.2 Å². The molecule has 0 bridgehead atoms. The Labute approximate surface area is 159 Å². The molecule has 0 fully saturated rings. The molecule has 0 aromatic carbocycles. The van der Waals surface area contributed by atoms with Crippen LogP contribution in [-0.2, 0) is 13.6 Å². The molecule has 23 heavy (non-hydrogen) atoms. The van der Waals surface area contributed by atoms with E-state index >= 15 is 0 Å². The minimum absolute atomic E-state index is 0. The van der Waals surface area contributed by atoms with Crippen molar-refractivity contribution in [2.75, 3.05) is 27.7 Å². The molecule has 0 spiro atoms. The molecule has 2 heterocycles. The number of aromatic nitrogens is 2. The van der Waals surface area contributed by atoms with Crippen LogP contribution in [0.5, 0.6) is 0 Å². The van der Waals surface area contributed by atoms with Gasteiger partial charge in [0.1, 0.15) is 0 Å². The molecule has 2 aromatic rings. The summed E-state index contributed by atoms with van der Waals surface area (Å²) in [6, 6.07) is 6.58. The number of hydrogen-bond donors (Lipinski definition) is 2. The second-order valence-corrected chi connectivity index (χ2v) is 6.23. The summed E-state index contributed by atoms with van der Waals surface area (Å²) in [6.07, 6.45) is 1.80. The summed E-state index contributed by atoms with van der Waals surface area (Å²) >= 11 is 1.78. The van der Waals surface area contributed by atoms with Crippen molar-refractivity contribution in [1.82, 2.24) is 25.3 Å². The van der Waals surface area contributed by atoms with Gasteiger partial charge in [-0.3, -0.25) is 9.67 Å². The summed E-state index contributed by atoms with van der Waals surface area (Å²) in [5.41, 5.74) is 1.12. The van der Waals surface area contributed by atoms with Crippen molar-refractivity contribution in [3.05, 3.63) is 40.3 Å². The zero-order chi connectivity index (χ0) is 15.9. The number of aliphatic imine (C=N–C) groups is 1. The first-order valence-corrected chi connectivity index (χ1v) is 8.11. The lowest BCUT2D eigenvalue weighted by Crippen LogP contribution is -2.41. The topological polar surface area (TPSA) is 57.5 Å². The summed E-state index contributed by atoms with van der Waals surface area (Å²) in [5, 5.41) is 13.0. The van der Waals surface area contributed by atoms with E-state index in [0.29, 0.717) is 12.6 Å². The average Bonchev–Trinajstić information content (AvgIpc) is 3.14. The van der Waals surface area contributed by atoms with Gasteiger partial charge in [0.05, 0.1) is 18.3 Å². The maximum absolute atomic E-state index is 4.28. The molecule has 6 nitrogen and oxygen atoms in total. The largest absolute Gasteiger partial charge is 0.354 e. The van der Waals surface area contributed by atoms with Gasteiger partial charge in [0, 0.05) is 31.7 Å². The number of nitrogens with zero attached hydrogens (tertiary/aromatic N) is 4. The fraction of sp³-hybridized carbons (Fsp3) is 0.467. The first-order chi connectivity index (χ1) is 10.6. The van der Waals surface area contributed by atoms with E-state index in [1.165, 1.54) is 4.88 Å². The number of aryl methyl sites for hydroxylation is 1. The third-order valence-electron chi connectivity index (χ3n) is 3.54. The lowest BCUT2D eigenvalue weighted by molar-refractivity contribution is 0.302. The van der Waals surface area contributed by atoms with Crippen LogP contribution < -0.4 is 10.6 Å². The molecule has 0 saturated carbocycles. The zero-order valence-electron chi connectivity index (χ0n) is 14.0. The smallest absolute Gasteiger partial charge is 0.191 e. The van der Waals surface area contributed by atoms with Crippen LogP contribution in [0.3, 0.4) is 0 Å². The fourth-order valence-corrected chi connectivity index (χ4v) is 3.10. The summed E-state index contributed by atoms with van der Waals surface area (Å²) in [6.45, 7) is 1.50. The fourth-order valence-electron chi connectivity index (χ4n) is 2.18. The number of likely N-dealkylation sites (N-methyl/N-ethyl adjacent to an activating group) is 1. The molecular formula is C15H25IN6S. The monoisotopic (exact) mass is 448 g/mol. The number of nitrogens with one attached hydrogen (secondary N) is 2. The Bertz CT molecular complexity index is 593. The van der Waals surface area contributed by atoms with Gasteiger partial charge in [0.15, 0.2) is 5.96 Å². The van der Waals surface area contributed by atoms with E-state index in [1.54, 1.807) is 24.6 Å². The Morgan fingerprint density at radius 3 is 2.70 bits per heavy atom. The van der Waals surface area contributed by atoms with Crippen LogP contribution >= 0.6 is 35.3 Å². The molecule has 0 aliphatic heterocycles. The molecule has 2 N–H and O–H groups in total. The van der Waals surface area contributed by atoms with Crippen LogP contribution in [-0.4, -0.2) is 48.3 Å². The average molecular weight is 448 g/mol. The Morgan fingerprint density at radius 2 is 2.17 bits per heavy atom. The highest BCUT2D eigenvalue weighted by atomic mass is 127. The van der Waals surface area contributed by atoms with Crippen molar-refractivity contribution in [1.29, 1.82) is 0 Å². The van der Waals surface area contributed by atoms with Crippen LogP contribution in [0.2, 0.25) is 0 Å². The van der Waals surface area contributed by atoms with Crippen molar-refractivity contribution in [2.24, 2.45) is 12.0 Å². The molecule has 0 radical (unpaired) electrons. The lowest BCUT2D eigenvalue weighted by atomic mass is 10.2. The molecule has 2 rings (SSSR count). The minimum atomic E-state index is 0. The molecule has 128 valence electrons. The molecule has 2 aromatic heterocycles. The summed E-state index contributed by atoms with van der Waals surface area (Å²) in [5.74, 6) is 0.796. The first-order valence-electron chi connectivity index (χ1n) is 7.23. The van der Waals surface area contributed by atoms with Crippen molar-refractivity contribution < 1.29 is 0 Å². The van der Waals surface area contributed by atoms with E-state index in [4.69, 9.17) is 0 Å². The van der Waals surface area contributed by atoms with E-state index in [9.17, 15) is 0 Å². The summed E-state index contributed by atoms with van der Waals surface area (Å²) < 4.78 is 1.86. The lowest BCUT2D eigenvalue weighted by Gasteiger charge is -2.24. The van der Waals surface area contributed by atoms with Crippen molar-refractivity contribution in [2.45, 2.75) is 12.6 Å². The molecule has 0 saturated heterocycles. The summed E-state index contributed by atoms with van der Waals surface area (Å²) in [4.78, 5) is 7.84. The van der Waals surface area contributed by atoms with Gasteiger partial charge in [-0.15, -0.1) is 35.3 Å². The van der Waals surface area contributed by atoms with Crippen LogP contribution in [0, 0.1) is 0 Å².